The highest BCUT2D eigenvalue weighted by Gasteiger charge is 2.20. The molecule has 0 saturated carbocycles. The van der Waals surface area contributed by atoms with Crippen LogP contribution < -0.4 is 24.4 Å². The van der Waals surface area contributed by atoms with Gasteiger partial charge in [-0.2, -0.15) is 0 Å². The monoisotopic (exact) mass is 400 g/mol. The summed E-state index contributed by atoms with van der Waals surface area (Å²) in [5.74, 6) is 1.69. The molecule has 7 heteroatoms. The molecule has 1 amide bonds. The molecule has 2 aromatic rings. The van der Waals surface area contributed by atoms with Gasteiger partial charge in [0, 0.05) is 30.8 Å². The van der Waals surface area contributed by atoms with E-state index in [4.69, 9.17) is 18.9 Å². The standard InChI is InChI=1S/C22H28N2O5/c1-4-28-20-15-19(24-9-11-27-12-10-24)21(29-5-2)14-18(20)23-22(25)16-7-6-8-17(13-16)26-3/h6-8,13-15H,4-5,9-12H2,1-3H3,(H,23,25). The summed E-state index contributed by atoms with van der Waals surface area (Å²) in [5.41, 5.74) is 2.01. The zero-order chi connectivity index (χ0) is 20.6. The molecular formula is C22H28N2O5. The predicted octanol–water partition coefficient (Wildman–Crippen LogP) is 3.58. The topological polar surface area (TPSA) is 69.3 Å². The van der Waals surface area contributed by atoms with Gasteiger partial charge in [0.25, 0.3) is 5.91 Å². The van der Waals surface area contributed by atoms with Crippen molar-refractivity contribution in [2.75, 3.05) is 56.8 Å². The van der Waals surface area contributed by atoms with Gasteiger partial charge < -0.3 is 29.2 Å². The van der Waals surface area contributed by atoms with E-state index < -0.39 is 0 Å². The second-order valence-electron chi connectivity index (χ2n) is 6.47. The van der Waals surface area contributed by atoms with Crippen LogP contribution in [0.5, 0.6) is 17.2 Å². The van der Waals surface area contributed by atoms with E-state index in [-0.39, 0.29) is 5.91 Å². The van der Waals surface area contributed by atoms with Gasteiger partial charge in [-0.05, 0) is 32.0 Å². The minimum atomic E-state index is -0.244. The van der Waals surface area contributed by atoms with Crippen molar-refractivity contribution in [3.05, 3.63) is 42.0 Å². The minimum Gasteiger partial charge on any atom is -0.497 e. The largest absolute Gasteiger partial charge is 0.497 e. The summed E-state index contributed by atoms with van der Waals surface area (Å²) in [7, 11) is 1.57. The van der Waals surface area contributed by atoms with Crippen LogP contribution in [0.3, 0.4) is 0 Å². The zero-order valence-electron chi connectivity index (χ0n) is 17.2. The summed E-state index contributed by atoms with van der Waals surface area (Å²) in [6.45, 7) is 7.76. The van der Waals surface area contributed by atoms with Gasteiger partial charge in [0.2, 0.25) is 0 Å². The molecule has 1 heterocycles. The number of benzene rings is 2. The Morgan fingerprint density at radius 1 is 1.07 bits per heavy atom. The highest BCUT2D eigenvalue weighted by Crippen LogP contribution is 2.39. The van der Waals surface area contributed by atoms with E-state index >= 15 is 0 Å². The van der Waals surface area contributed by atoms with Crippen LogP contribution in [0.25, 0.3) is 0 Å². The second kappa shape index (κ2) is 10.0. The Kier molecular flexibility index (Phi) is 7.19. The Bertz CT molecular complexity index is 834. The highest BCUT2D eigenvalue weighted by atomic mass is 16.5. The smallest absolute Gasteiger partial charge is 0.255 e. The molecule has 0 spiro atoms. The van der Waals surface area contributed by atoms with Gasteiger partial charge in [0.05, 0.1) is 44.9 Å². The number of hydrogen-bond acceptors (Lipinski definition) is 6. The fraction of sp³-hybridized carbons (Fsp3) is 0.409. The van der Waals surface area contributed by atoms with E-state index in [0.29, 0.717) is 54.9 Å². The fourth-order valence-corrected chi connectivity index (χ4v) is 3.20. The third kappa shape index (κ3) is 5.12. The molecule has 0 bridgehead atoms. The summed E-state index contributed by atoms with van der Waals surface area (Å²) in [4.78, 5) is 15.0. The lowest BCUT2D eigenvalue weighted by Gasteiger charge is -2.31. The minimum absolute atomic E-state index is 0.244. The quantitative estimate of drug-likeness (QED) is 0.730. The van der Waals surface area contributed by atoms with Crippen molar-refractivity contribution in [1.29, 1.82) is 0 Å². The Balaban J connectivity index is 1.93. The van der Waals surface area contributed by atoms with Crippen LogP contribution in [-0.4, -0.2) is 52.5 Å². The van der Waals surface area contributed by atoms with Crippen LogP contribution in [0.1, 0.15) is 24.2 Å². The molecule has 3 rings (SSSR count). The number of nitrogens with zero attached hydrogens (tertiary/aromatic N) is 1. The lowest BCUT2D eigenvalue weighted by molar-refractivity contribution is 0.102. The lowest BCUT2D eigenvalue weighted by atomic mass is 10.1. The average molecular weight is 400 g/mol. The number of anilines is 2. The molecule has 29 heavy (non-hydrogen) atoms. The predicted molar refractivity (Wildman–Crippen MR) is 113 cm³/mol. The van der Waals surface area contributed by atoms with Crippen LogP contribution in [0.15, 0.2) is 36.4 Å². The summed E-state index contributed by atoms with van der Waals surface area (Å²) in [6.07, 6.45) is 0. The number of methoxy groups -OCH3 is 1. The Hall–Kier alpha value is -2.93. The maximum absolute atomic E-state index is 12.8. The van der Waals surface area contributed by atoms with E-state index in [1.165, 1.54) is 0 Å². The molecule has 0 aromatic heterocycles. The van der Waals surface area contributed by atoms with Crippen molar-refractivity contribution in [3.63, 3.8) is 0 Å². The summed E-state index contributed by atoms with van der Waals surface area (Å²) < 4.78 is 22.4. The molecule has 1 N–H and O–H groups in total. The third-order valence-corrected chi connectivity index (χ3v) is 4.59. The van der Waals surface area contributed by atoms with E-state index in [2.05, 4.69) is 10.2 Å². The van der Waals surface area contributed by atoms with Gasteiger partial charge >= 0.3 is 0 Å². The van der Waals surface area contributed by atoms with Crippen LogP contribution >= 0.6 is 0 Å². The number of carbonyl (C=O) groups is 1. The molecule has 0 radical (unpaired) electrons. The van der Waals surface area contributed by atoms with Crippen LogP contribution in [0, 0.1) is 0 Å². The van der Waals surface area contributed by atoms with Crippen molar-refractivity contribution in [2.45, 2.75) is 13.8 Å². The molecule has 1 aliphatic heterocycles. The van der Waals surface area contributed by atoms with Crippen molar-refractivity contribution in [3.8, 4) is 17.2 Å². The van der Waals surface area contributed by atoms with E-state index in [0.717, 1.165) is 18.8 Å². The highest BCUT2D eigenvalue weighted by molar-refractivity contribution is 6.05. The molecule has 1 aliphatic rings. The maximum atomic E-state index is 12.8. The number of hydrogen-bond donors (Lipinski definition) is 1. The maximum Gasteiger partial charge on any atom is 0.255 e. The zero-order valence-corrected chi connectivity index (χ0v) is 17.2. The summed E-state index contributed by atoms with van der Waals surface area (Å²) >= 11 is 0. The molecule has 0 aliphatic carbocycles. The molecule has 1 saturated heterocycles. The first-order valence-corrected chi connectivity index (χ1v) is 9.88. The fourth-order valence-electron chi connectivity index (χ4n) is 3.20. The van der Waals surface area contributed by atoms with Gasteiger partial charge in [-0.25, -0.2) is 0 Å². The Labute approximate surface area is 171 Å². The third-order valence-electron chi connectivity index (χ3n) is 4.59. The number of rotatable bonds is 8. The normalized spacial score (nSPS) is 13.7. The Morgan fingerprint density at radius 2 is 1.79 bits per heavy atom. The number of amides is 1. The van der Waals surface area contributed by atoms with Gasteiger partial charge in [-0.1, -0.05) is 6.07 Å². The van der Waals surface area contributed by atoms with Crippen LogP contribution in [0.2, 0.25) is 0 Å². The summed E-state index contributed by atoms with van der Waals surface area (Å²) in [5, 5.41) is 2.95. The van der Waals surface area contributed by atoms with Crippen LogP contribution in [0.4, 0.5) is 11.4 Å². The van der Waals surface area contributed by atoms with Gasteiger partial charge in [0.15, 0.2) is 0 Å². The number of nitrogens with one attached hydrogen (secondary N) is 1. The molecule has 0 unspecified atom stereocenters. The number of ether oxygens (including phenoxy) is 4. The number of carbonyl (C=O) groups excluding carboxylic acids is 1. The lowest BCUT2D eigenvalue weighted by Crippen LogP contribution is -2.36. The SMILES string of the molecule is CCOc1cc(N2CCOCC2)c(OCC)cc1NC(=O)c1cccc(OC)c1. The molecule has 0 atom stereocenters. The van der Waals surface area contributed by atoms with Crippen molar-refractivity contribution >= 4 is 17.3 Å². The van der Waals surface area contributed by atoms with E-state index in [1.807, 2.05) is 26.0 Å². The van der Waals surface area contributed by atoms with Gasteiger partial charge in [-0.15, -0.1) is 0 Å². The van der Waals surface area contributed by atoms with E-state index in [9.17, 15) is 4.79 Å². The first kappa shape index (κ1) is 20.8. The number of morpholine rings is 1. The second-order valence-corrected chi connectivity index (χ2v) is 6.47. The van der Waals surface area contributed by atoms with Crippen molar-refractivity contribution in [2.24, 2.45) is 0 Å². The van der Waals surface area contributed by atoms with Gasteiger partial charge in [0.1, 0.15) is 17.2 Å². The van der Waals surface area contributed by atoms with Crippen LogP contribution in [-0.2, 0) is 4.74 Å². The molecule has 156 valence electrons. The average Bonchev–Trinajstić information content (AvgIpc) is 2.76. The molecule has 7 nitrogen and oxygen atoms in total. The van der Waals surface area contributed by atoms with Crippen molar-refractivity contribution < 1.29 is 23.7 Å². The molecule has 2 aromatic carbocycles. The Morgan fingerprint density at radius 3 is 2.48 bits per heavy atom. The van der Waals surface area contributed by atoms with E-state index in [1.54, 1.807) is 31.4 Å². The molecular weight excluding hydrogens is 372 g/mol. The molecule has 1 fully saturated rings. The van der Waals surface area contributed by atoms with Crippen molar-refractivity contribution in [1.82, 2.24) is 0 Å². The first-order chi connectivity index (χ1) is 14.2. The summed E-state index contributed by atoms with van der Waals surface area (Å²) in [6, 6.07) is 10.8. The van der Waals surface area contributed by atoms with Gasteiger partial charge in [-0.3, -0.25) is 4.79 Å². The first-order valence-electron chi connectivity index (χ1n) is 9.88.